The largest absolute Gasteiger partial charge is 0.461 e. The van der Waals surface area contributed by atoms with Crippen LogP contribution >= 0.6 is 0 Å². The molecule has 1 aliphatic carbocycles. The summed E-state index contributed by atoms with van der Waals surface area (Å²) in [5.41, 5.74) is 5.32. The first-order chi connectivity index (χ1) is 12.2. The predicted octanol–water partition coefficient (Wildman–Crippen LogP) is 5.67. The first-order valence-electron chi connectivity index (χ1n) is 9.71. The molecule has 0 bridgehead atoms. The van der Waals surface area contributed by atoms with Crippen molar-refractivity contribution in [3.8, 4) is 0 Å². The van der Waals surface area contributed by atoms with Gasteiger partial charge in [-0.25, -0.2) is 0 Å². The van der Waals surface area contributed by atoms with Gasteiger partial charge < -0.3 is 9.84 Å². The SMILES string of the molecule is CCC(=O)OC/C=C(\C)C(O)/C=C/C(C)=C/CC1=C(C)CCCC1(C)C. The van der Waals surface area contributed by atoms with Crippen molar-refractivity contribution >= 4 is 5.97 Å². The highest BCUT2D eigenvalue weighted by Gasteiger charge is 2.27. The Hall–Kier alpha value is -1.61. The molecule has 3 nitrogen and oxygen atoms in total. The Kier molecular flexibility index (Phi) is 9.07. The molecule has 1 aliphatic rings. The zero-order chi connectivity index (χ0) is 19.7. The van der Waals surface area contributed by atoms with Crippen LogP contribution < -0.4 is 0 Å². The van der Waals surface area contributed by atoms with E-state index in [0.29, 0.717) is 6.42 Å². The van der Waals surface area contributed by atoms with Gasteiger partial charge in [-0.1, -0.05) is 55.7 Å². The number of aliphatic hydroxyl groups excluding tert-OH is 1. The third-order valence-corrected chi connectivity index (χ3v) is 5.26. The maximum absolute atomic E-state index is 11.1. The Balaban J connectivity index is 2.62. The summed E-state index contributed by atoms with van der Waals surface area (Å²) in [4.78, 5) is 11.1. The minimum atomic E-state index is -0.661. The van der Waals surface area contributed by atoms with Crippen molar-refractivity contribution in [2.45, 2.75) is 79.8 Å². The van der Waals surface area contributed by atoms with Crippen molar-refractivity contribution in [1.82, 2.24) is 0 Å². The molecule has 26 heavy (non-hydrogen) atoms. The van der Waals surface area contributed by atoms with Crippen LogP contribution in [0.5, 0.6) is 0 Å². The van der Waals surface area contributed by atoms with Crippen molar-refractivity contribution in [2.24, 2.45) is 5.41 Å². The Morgan fingerprint density at radius 2 is 2.00 bits per heavy atom. The molecule has 0 aliphatic heterocycles. The van der Waals surface area contributed by atoms with Crippen LogP contribution in [0.4, 0.5) is 0 Å². The van der Waals surface area contributed by atoms with E-state index in [1.54, 1.807) is 24.6 Å². The van der Waals surface area contributed by atoms with Gasteiger partial charge in [0.15, 0.2) is 0 Å². The highest BCUT2D eigenvalue weighted by atomic mass is 16.5. The molecular formula is C23H36O3. The van der Waals surface area contributed by atoms with E-state index in [2.05, 4.69) is 33.8 Å². The molecule has 0 saturated carbocycles. The Labute approximate surface area is 159 Å². The van der Waals surface area contributed by atoms with Crippen LogP contribution in [-0.2, 0) is 9.53 Å². The number of carbonyl (C=O) groups excluding carboxylic acids is 1. The summed E-state index contributed by atoms with van der Waals surface area (Å²) in [6, 6.07) is 0. The molecule has 0 amide bonds. The average molecular weight is 361 g/mol. The first-order valence-corrected chi connectivity index (χ1v) is 9.71. The zero-order valence-corrected chi connectivity index (χ0v) is 17.4. The van der Waals surface area contributed by atoms with Gasteiger partial charge in [-0.15, -0.1) is 0 Å². The molecule has 3 heteroatoms. The second-order valence-electron chi connectivity index (χ2n) is 7.94. The van der Waals surface area contributed by atoms with E-state index in [-0.39, 0.29) is 18.0 Å². The van der Waals surface area contributed by atoms with Crippen molar-refractivity contribution < 1.29 is 14.6 Å². The molecule has 0 aromatic carbocycles. The van der Waals surface area contributed by atoms with Crippen LogP contribution in [0.2, 0.25) is 0 Å². The van der Waals surface area contributed by atoms with Crippen LogP contribution in [0.3, 0.4) is 0 Å². The number of ether oxygens (including phenoxy) is 1. The van der Waals surface area contributed by atoms with Crippen molar-refractivity contribution in [2.75, 3.05) is 6.61 Å². The van der Waals surface area contributed by atoms with Crippen molar-refractivity contribution in [3.05, 3.63) is 46.6 Å². The minimum Gasteiger partial charge on any atom is -0.461 e. The second-order valence-corrected chi connectivity index (χ2v) is 7.94. The van der Waals surface area contributed by atoms with Crippen LogP contribution in [0.25, 0.3) is 0 Å². The smallest absolute Gasteiger partial charge is 0.305 e. The standard InChI is InChI=1S/C23H36O3/c1-7-22(25)26-16-14-19(4)21(24)13-11-17(2)10-12-20-18(3)9-8-15-23(20,5)6/h10-11,13-14,21,24H,7-9,12,15-16H2,1-6H3/b13-11+,17-10+,19-14+. The van der Waals surface area contributed by atoms with E-state index in [4.69, 9.17) is 4.74 Å². The van der Waals surface area contributed by atoms with Gasteiger partial charge >= 0.3 is 5.97 Å². The lowest BCUT2D eigenvalue weighted by Crippen LogP contribution is -2.20. The number of rotatable bonds is 8. The molecule has 0 spiro atoms. The summed E-state index contributed by atoms with van der Waals surface area (Å²) in [5.74, 6) is -0.229. The van der Waals surface area contributed by atoms with Crippen LogP contribution in [0, 0.1) is 5.41 Å². The van der Waals surface area contributed by atoms with Gasteiger partial charge in [0.2, 0.25) is 0 Å². The van der Waals surface area contributed by atoms with E-state index in [0.717, 1.165) is 17.6 Å². The summed E-state index contributed by atoms with van der Waals surface area (Å²) < 4.78 is 5.01. The third kappa shape index (κ3) is 7.33. The highest BCUT2D eigenvalue weighted by Crippen LogP contribution is 2.42. The van der Waals surface area contributed by atoms with Gasteiger partial charge in [0.25, 0.3) is 0 Å². The summed E-state index contributed by atoms with van der Waals surface area (Å²) in [7, 11) is 0. The quantitative estimate of drug-likeness (QED) is 0.345. The van der Waals surface area contributed by atoms with E-state index in [9.17, 15) is 9.90 Å². The lowest BCUT2D eigenvalue weighted by atomic mass is 9.71. The minimum absolute atomic E-state index is 0.209. The topological polar surface area (TPSA) is 46.5 Å². The average Bonchev–Trinajstić information content (AvgIpc) is 2.58. The number of hydrogen-bond acceptors (Lipinski definition) is 3. The van der Waals surface area contributed by atoms with Crippen LogP contribution in [0.1, 0.15) is 73.6 Å². The fourth-order valence-corrected chi connectivity index (χ4v) is 3.34. The highest BCUT2D eigenvalue weighted by molar-refractivity contribution is 5.68. The Morgan fingerprint density at radius 3 is 2.62 bits per heavy atom. The maximum atomic E-state index is 11.1. The van der Waals surface area contributed by atoms with Crippen LogP contribution in [0.15, 0.2) is 46.6 Å². The lowest BCUT2D eigenvalue weighted by molar-refractivity contribution is -0.142. The molecule has 1 N–H and O–H groups in total. The van der Waals surface area contributed by atoms with Gasteiger partial charge in [-0.05, 0) is 63.5 Å². The molecular weight excluding hydrogens is 324 g/mol. The fraction of sp³-hybridized carbons (Fsp3) is 0.609. The van der Waals surface area contributed by atoms with E-state index in [1.165, 1.54) is 24.8 Å². The van der Waals surface area contributed by atoms with Crippen LogP contribution in [-0.4, -0.2) is 23.8 Å². The predicted molar refractivity (Wildman–Crippen MR) is 109 cm³/mol. The number of allylic oxidation sites excluding steroid dienone is 5. The maximum Gasteiger partial charge on any atom is 0.305 e. The number of aliphatic hydroxyl groups is 1. The molecule has 0 radical (unpaired) electrons. The fourth-order valence-electron chi connectivity index (χ4n) is 3.34. The Bertz CT molecular complexity index is 603. The number of hydrogen-bond donors (Lipinski definition) is 1. The molecule has 0 saturated heterocycles. The zero-order valence-electron chi connectivity index (χ0n) is 17.4. The van der Waals surface area contributed by atoms with E-state index in [1.807, 2.05) is 13.0 Å². The van der Waals surface area contributed by atoms with Gasteiger partial charge in [0.1, 0.15) is 6.61 Å². The molecule has 1 rings (SSSR count). The molecule has 0 aromatic rings. The molecule has 0 aromatic heterocycles. The van der Waals surface area contributed by atoms with Gasteiger partial charge in [-0.3, -0.25) is 4.79 Å². The summed E-state index contributed by atoms with van der Waals surface area (Å²) in [6.45, 7) is 12.8. The first kappa shape index (κ1) is 22.4. The molecule has 1 atom stereocenters. The van der Waals surface area contributed by atoms with Gasteiger partial charge in [0.05, 0.1) is 6.10 Å². The summed E-state index contributed by atoms with van der Waals surface area (Å²) in [6.07, 6.45) is 12.2. The summed E-state index contributed by atoms with van der Waals surface area (Å²) in [5, 5.41) is 10.2. The lowest BCUT2D eigenvalue weighted by Gasteiger charge is -2.34. The normalized spacial score (nSPS) is 19.8. The van der Waals surface area contributed by atoms with Gasteiger partial charge in [-0.2, -0.15) is 0 Å². The van der Waals surface area contributed by atoms with Crippen molar-refractivity contribution in [1.29, 1.82) is 0 Å². The monoisotopic (exact) mass is 360 g/mol. The third-order valence-electron chi connectivity index (χ3n) is 5.26. The van der Waals surface area contributed by atoms with E-state index < -0.39 is 6.10 Å². The Morgan fingerprint density at radius 1 is 1.31 bits per heavy atom. The molecule has 0 fully saturated rings. The molecule has 0 heterocycles. The number of esters is 1. The number of carbonyl (C=O) groups is 1. The van der Waals surface area contributed by atoms with Gasteiger partial charge in [0, 0.05) is 6.42 Å². The summed E-state index contributed by atoms with van der Waals surface area (Å²) >= 11 is 0. The molecule has 146 valence electrons. The van der Waals surface area contributed by atoms with E-state index >= 15 is 0 Å². The molecule has 1 unspecified atom stereocenters. The van der Waals surface area contributed by atoms with Crippen molar-refractivity contribution in [3.63, 3.8) is 0 Å². The second kappa shape index (κ2) is 10.5.